The van der Waals surface area contributed by atoms with E-state index in [9.17, 15) is 4.39 Å². The molecule has 3 rings (SSSR count). The molecule has 0 N–H and O–H groups in total. The number of halogens is 1. The summed E-state index contributed by atoms with van der Waals surface area (Å²) in [6.07, 6.45) is 3.37. The van der Waals surface area contributed by atoms with Crippen LogP contribution in [-0.2, 0) is 6.54 Å². The standard InChI is InChI=1S/C14H18FN3/c1-10(2)13-6-16-14-5-11(3-4-18(13)14)7-17-8-12(15)9-17/h3-6,10,12H,7-9H2,1-2H3. The van der Waals surface area contributed by atoms with Gasteiger partial charge in [0.25, 0.3) is 0 Å². The van der Waals surface area contributed by atoms with Crippen LogP contribution < -0.4 is 0 Å². The van der Waals surface area contributed by atoms with E-state index in [4.69, 9.17) is 0 Å². The molecular formula is C14H18FN3. The van der Waals surface area contributed by atoms with Crippen molar-refractivity contribution in [2.75, 3.05) is 13.1 Å². The first-order chi connectivity index (χ1) is 8.63. The normalized spacial score (nSPS) is 17.6. The summed E-state index contributed by atoms with van der Waals surface area (Å²) in [5.74, 6) is 0.466. The molecule has 1 aliphatic heterocycles. The smallest absolute Gasteiger partial charge is 0.137 e. The van der Waals surface area contributed by atoms with E-state index in [1.807, 2.05) is 6.20 Å². The summed E-state index contributed by atoms with van der Waals surface area (Å²) in [4.78, 5) is 6.55. The van der Waals surface area contributed by atoms with Crippen LogP contribution >= 0.6 is 0 Å². The van der Waals surface area contributed by atoms with Crippen molar-refractivity contribution in [1.82, 2.24) is 14.3 Å². The summed E-state index contributed by atoms with van der Waals surface area (Å²) in [7, 11) is 0. The minimum Gasteiger partial charge on any atom is -0.304 e. The van der Waals surface area contributed by atoms with Gasteiger partial charge in [-0.2, -0.15) is 0 Å². The molecule has 0 saturated carbocycles. The highest BCUT2D eigenvalue weighted by Gasteiger charge is 2.25. The fourth-order valence-electron chi connectivity index (χ4n) is 2.46. The van der Waals surface area contributed by atoms with Gasteiger partial charge in [0.05, 0.1) is 0 Å². The minimum absolute atomic E-state index is 0.466. The first kappa shape index (κ1) is 11.7. The van der Waals surface area contributed by atoms with Crippen LogP contribution in [0.4, 0.5) is 4.39 Å². The zero-order chi connectivity index (χ0) is 12.7. The number of rotatable bonds is 3. The van der Waals surface area contributed by atoms with Gasteiger partial charge in [-0.05, 0) is 23.6 Å². The monoisotopic (exact) mass is 247 g/mol. The lowest BCUT2D eigenvalue weighted by Crippen LogP contribution is -2.47. The Balaban J connectivity index is 1.83. The van der Waals surface area contributed by atoms with Crippen LogP contribution in [0.25, 0.3) is 5.65 Å². The number of nitrogens with zero attached hydrogens (tertiary/aromatic N) is 3. The lowest BCUT2D eigenvalue weighted by Gasteiger charge is -2.34. The molecule has 3 heterocycles. The van der Waals surface area contributed by atoms with E-state index in [2.05, 4.69) is 46.5 Å². The number of hydrogen-bond acceptors (Lipinski definition) is 2. The molecule has 0 atom stereocenters. The Labute approximate surface area is 106 Å². The second kappa shape index (κ2) is 4.35. The molecule has 0 bridgehead atoms. The number of hydrogen-bond donors (Lipinski definition) is 0. The Hall–Kier alpha value is -1.42. The Morgan fingerprint density at radius 1 is 1.44 bits per heavy atom. The average molecular weight is 247 g/mol. The molecule has 0 aliphatic carbocycles. The van der Waals surface area contributed by atoms with Crippen molar-refractivity contribution in [2.24, 2.45) is 0 Å². The largest absolute Gasteiger partial charge is 0.304 e. The highest BCUT2D eigenvalue weighted by molar-refractivity contribution is 5.43. The number of likely N-dealkylation sites (tertiary alicyclic amines) is 1. The van der Waals surface area contributed by atoms with Crippen LogP contribution in [0.15, 0.2) is 24.5 Å². The molecule has 0 amide bonds. The molecule has 1 fully saturated rings. The van der Waals surface area contributed by atoms with Crippen LogP contribution in [0.1, 0.15) is 31.0 Å². The third-order valence-electron chi connectivity index (χ3n) is 3.52. The van der Waals surface area contributed by atoms with E-state index in [-0.39, 0.29) is 0 Å². The van der Waals surface area contributed by atoms with Crippen molar-refractivity contribution in [1.29, 1.82) is 0 Å². The van der Waals surface area contributed by atoms with E-state index in [0.717, 1.165) is 12.2 Å². The van der Waals surface area contributed by atoms with Crippen LogP contribution in [0.2, 0.25) is 0 Å². The first-order valence-corrected chi connectivity index (χ1v) is 6.46. The number of aromatic nitrogens is 2. The molecule has 0 aromatic carbocycles. The van der Waals surface area contributed by atoms with Crippen LogP contribution in [0.5, 0.6) is 0 Å². The summed E-state index contributed by atoms with van der Waals surface area (Å²) >= 11 is 0. The van der Waals surface area contributed by atoms with Gasteiger partial charge in [-0.1, -0.05) is 13.8 Å². The highest BCUT2D eigenvalue weighted by Crippen LogP contribution is 2.19. The number of pyridine rings is 1. The molecule has 18 heavy (non-hydrogen) atoms. The highest BCUT2D eigenvalue weighted by atomic mass is 19.1. The maximum absolute atomic E-state index is 12.8. The van der Waals surface area contributed by atoms with Crippen molar-refractivity contribution in [3.63, 3.8) is 0 Å². The fraction of sp³-hybridized carbons (Fsp3) is 0.500. The van der Waals surface area contributed by atoms with Gasteiger partial charge in [0.2, 0.25) is 0 Å². The van der Waals surface area contributed by atoms with Crippen LogP contribution in [0.3, 0.4) is 0 Å². The molecule has 96 valence electrons. The average Bonchev–Trinajstić information content (AvgIpc) is 2.70. The summed E-state index contributed by atoms with van der Waals surface area (Å²) in [6.45, 7) is 6.28. The summed E-state index contributed by atoms with van der Waals surface area (Å²) in [5.41, 5.74) is 3.41. The maximum Gasteiger partial charge on any atom is 0.137 e. The zero-order valence-electron chi connectivity index (χ0n) is 10.8. The predicted octanol–water partition coefficient (Wildman–Crippen LogP) is 2.61. The quantitative estimate of drug-likeness (QED) is 0.831. The van der Waals surface area contributed by atoms with Gasteiger partial charge in [0, 0.05) is 37.7 Å². The zero-order valence-corrected chi connectivity index (χ0v) is 10.8. The second-order valence-electron chi connectivity index (χ2n) is 5.39. The van der Waals surface area contributed by atoms with Gasteiger partial charge in [0.1, 0.15) is 11.8 Å². The first-order valence-electron chi connectivity index (χ1n) is 6.46. The summed E-state index contributed by atoms with van der Waals surface area (Å²) < 4.78 is 14.9. The summed E-state index contributed by atoms with van der Waals surface area (Å²) in [5, 5.41) is 0. The lowest BCUT2D eigenvalue weighted by atomic mass is 10.1. The molecule has 2 aromatic rings. The predicted molar refractivity (Wildman–Crippen MR) is 69.5 cm³/mol. The van der Waals surface area contributed by atoms with E-state index >= 15 is 0 Å². The number of fused-ring (bicyclic) bond motifs is 1. The lowest BCUT2D eigenvalue weighted by molar-refractivity contribution is 0.0591. The molecule has 1 aliphatic rings. The van der Waals surface area contributed by atoms with Crippen LogP contribution in [0, 0.1) is 0 Å². The fourth-order valence-corrected chi connectivity index (χ4v) is 2.46. The molecule has 0 radical (unpaired) electrons. The Morgan fingerprint density at radius 3 is 2.89 bits per heavy atom. The van der Waals surface area contributed by atoms with Gasteiger partial charge in [-0.25, -0.2) is 9.37 Å². The molecule has 1 saturated heterocycles. The van der Waals surface area contributed by atoms with Crippen molar-refractivity contribution >= 4 is 5.65 Å². The van der Waals surface area contributed by atoms with E-state index in [1.54, 1.807) is 0 Å². The van der Waals surface area contributed by atoms with Crippen molar-refractivity contribution in [2.45, 2.75) is 32.5 Å². The third-order valence-corrected chi connectivity index (χ3v) is 3.52. The van der Waals surface area contributed by atoms with E-state index in [1.165, 1.54) is 11.3 Å². The Bertz CT molecular complexity index is 555. The molecule has 4 heteroatoms. The number of imidazole rings is 1. The topological polar surface area (TPSA) is 20.5 Å². The molecule has 0 spiro atoms. The van der Waals surface area contributed by atoms with Gasteiger partial charge in [0.15, 0.2) is 0 Å². The Morgan fingerprint density at radius 2 is 2.22 bits per heavy atom. The van der Waals surface area contributed by atoms with Crippen molar-refractivity contribution < 1.29 is 4.39 Å². The second-order valence-corrected chi connectivity index (χ2v) is 5.39. The van der Waals surface area contributed by atoms with Crippen LogP contribution in [-0.4, -0.2) is 33.5 Å². The minimum atomic E-state index is -0.632. The molecule has 0 unspecified atom stereocenters. The SMILES string of the molecule is CC(C)c1cnc2cc(CN3CC(F)C3)ccn12. The van der Waals surface area contributed by atoms with Gasteiger partial charge in [-0.3, -0.25) is 4.90 Å². The van der Waals surface area contributed by atoms with Gasteiger partial charge >= 0.3 is 0 Å². The number of alkyl halides is 1. The maximum atomic E-state index is 12.8. The summed E-state index contributed by atoms with van der Waals surface area (Å²) in [6, 6.07) is 4.20. The molecule has 3 nitrogen and oxygen atoms in total. The van der Waals surface area contributed by atoms with Crippen molar-refractivity contribution in [3.05, 3.63) is 35.8 Å². The Kier molecular flexibility index (Phi) is 2.82. The van der Waals surface area contributed by atoms with E-state index in [0.29, 0.717) is 19.0 Å². The molecule has 2 aromatic heterocycles. The third kappa shape index (κ3) is 2.01. The van der Waals surface area contributed by atoms with Crippen molar-refractivity contribution in [3.8, 4) is 0 Å². The van der Waals surface area contributed by atoms with E-state index < -0.39 is 6.17 Å². The van der Waals surface area contributed by atoms with Gasteiger partial charge < -0.3 is 4.40 Å². The molecular weight excluding hydrogens is 229 g/mol. The van der Waals surface area contributed by atoms with Gasteiger partial charge in [-0.15, -0.1) is 0 Å².